The van der Waals surface area contributed by atoms with E-state index < -0.39 is 0 Å². The van der Waals surface area contributed by atoms with Crippen LogP contribution in [0.25, 0.3) is 28.2 Å². The molecular formula is C24H23N5O2. The molecule has 156 valence electrons. The summed E-state index contributed by atoms with van der Waals surface area (Å²) < 4.78 is 13.6. The summed E-state index contributed by atoms with van der Waals surface area (Å²) in [6, 6.07) is 14.3. The van der Waals surface area contributed by atoms with Gasteiger partial charge in [0.05, 0.1) is 11.4 Å². The van der Waals surface area contributed by atoms with Gasteiger partial charge in [0.1, 0.15) is 11.3 Å². The van der Waals surface area contributed by atoms with Crippen molar-refractivity contribution < 1.29 is 9.47 Å². The molecule has 4 aromatic rings. The molecule has 5 heterocycles. The summed E-state index contributed by atoms with van der Waals surface area (Å²) in [6.07, 6.45) is 5.84. The number of aromatic nitrogens is 3. The molecule has 1 saturated heterocycles. The van der Waals surface area contributed by atoms with E-state index >= 15 is 0 Å². The fourth-order valence-corrected chi connectivity index (χ4v) is 4.38. The Morgan fingerprint density at radius 3 is 2.58 bits per heavy atom. The molecule has 0 unspecified atom stereocenters. The molecule has 0 aliphatic carbocycles. The Labute approximate surface area is 180 Å². The van der Waals surface area contributed by atoms with Crippen LogP contribution in [-0.2, 0) is 0 Å². The lowest BCUT2D eigenvalue weighted by atomic mass is 10.0. The van der Waals surface area contributed by atoms with E-state index in [2.05, 4.69) is 44.6 Å². The van der Waals surface area contributed by atoms with Gasteiger partial charge >= 0.3 is 0 Å². The van der Waals surface area contributed by atoms with Gasteiger partial charge in [-0.25, -0.2) is 4.98 Å². The van der Waals surface area contributed by atoms with Crippen LogP contribution in [-0.4, -0.2) is 59.3 Å². The van der Waals surface area contributed by atoms with Crippen LogP contribution in [0.1, 0.15) is 0 Å². The second-order valence-corrected chi connectivity index (χ2v) is 7.99. The number of para-hydroxylation sites is 1. The number of benzene rings is 1. The van der Waals surface area contributed by atoms with Crippen LogP contribution < -0.4 is 14.4 Å². The first kappa shape index (κ1) is 18.2. The first-order valence-corrected chi connectivity index (χ1v) is 10.5. The van der Waals surface area contributed by atoms with Crippen molar-refractivity contribution in [2.24, 2.45) is 0 Å². The Balaban J connectivity index is 1.55. The number of nitrogens with zero attached hydrogens (tertiary/aromatic N) is 5. The SMILES string of the molecule is CN1CCN(c2ccc3nc(-c4cccc5c4OCO5)c(-c4ccncc4)n3c2)CC1. The minimum absolute atomic E-state index is 0.234. The molecule has 7 heteroatoms. The molecule has 2 aliphatic heterocycles. The van der Waals surface area contributed by atoms with Gasteiger partial charge < -0.3 is 19.3 Å². The van der Waals surface area contributed by atoms with Crippen LogP contribution >= 0.6 is 0 Å². The number of hydrogen-bond acceptors (Lipinski definition) is 6. The van der Waals surface area contributed by atoms with E-state index in [0.29, 0.717) is 0 Å². The number of rotatable bonds is 3. The minimum atomic E-state index is 0.234. The summed E-state index contributed by atoms with van der Waals surface area (Å²) in [5.41, 5.74) is 6.01. The lowest BCUT2D eigenvalue weighted by Gasteiger charge is -2.34. The third-order valence-corrected chi connectivity index (χ3v) is 6.08. The number of hydrogen-bond donors (Lipinski definition) is 0. The van der Waals surface area contributed by atoms with E-state index in [-0.39, 0.29) is 6.79 Å². The van der Waals surface area contributed by atoms with Gasteiger partial charge in [-0.1, -0.05) is 6.07 Å². The Hall–Kier alpha value is -3.58. The van der Waals surface area contributed by atoms with E-state index in [1.165, 1.54) is 5.69 Å². The predicted octanol–water partition coefficient (Wildman–Crippen LogP) is 3.54. The van der Waals surface area contributed by atoms with Crippen LogP contribution in [0.15, 0.2) is 61.1 Å². The van der Waals surface area contributed by atoms with Gasteiger partial charge in [-0.2, -0.15) is 0 Å². The maximum absolute atomic E-state index is 5.80. The van der Waals surface area contributed by atoms with E-state index in [4.69, 9.17) is 14.5 Å². The zero-order chi connectivity index (χ0) is 20.8. The molecule has 0 atom stereocenters. The number of ether oxygens (including phenoxy) is 2. The Morgan fingerprint density at radius 2 is 1.74 bits per heavy atom. The Morgan fingerprint density at radius 1 is 0.903 bits per heavy atom. The maximum atomic E-state index is 5.80. The van der Waals surface area contributed by atoms with Gasteiger partial charge in [0.15, 0.2) is 11.5 Å². The average molecular weight is 413 g/mol. The molecule has 0 N–H and O–H groups in total. The van der Waals surface area contributed by atoms with E-state index in [0.717, 1.165) is 65.8 Å². The Bertz CT molecular complexity index is 1250. The highest BCUT2D eigenvalue weighted by atomic mass is 16.7. The van der Waals surface area contributed by atoms with Crippen molar-refractivity contribution >= 4 is 11.3 Å². The lowest BCUT2D eigenvalue weighted by molar-refractivity contribution is 0.174. The summed E-state index contributed by atoms with van der Waals surface area (Å²) in [6.45, 7) is 4.41. The van der Waals surface area contributed by atoms with Crippen molar-refractivity contribution in [2.75, 3.05) is 44.9 Å². The molecule has 0 amide bonds. The highest BCUT2D eigenvalue weighted by Crippen LogP contribution is 2.44. The van der Waals surface area contributed by atoms with E-state index in [9.17, 15) is 0 Å². The molecule has 31 heavy (non-hydrogen) atoms. The number of imidazole rings is 1. The van der Waals surface area contributed by atoms with Gasteiger partial charge in [0.25, 0.3) is 0 Å². The topological polar surface area (TPSA) is 55.1 Å². The number of fused-ring (bicyclic) bond motifs is 2. The van der Waals surface area contributed by atoms with Gasteiger partial charge in [0, 0.05) is 55.9 Å². The van der Waals surface area contributed by atoms with E-state index in [1.54, 1.807) is 0 Å². The smallest absolute Gasteiger partial charge is 0.231 e. The molecule has 2 aliphatic rings. The number of anilines is 1. The fourth-order valence-electron chi connectivity index (χ4n) is 4.38. The highest BCUT2D eigenvalue weighted by molar-refractivity contribution is 5.86. The monoisotopic (exact) mass is 413 g/mol. The predicted molar refractivity (Wildman–Crippen MR) is 120 cm³/mol. The zero-order valence-electron chi connectivity index (χ0n) is 17.4. The molecule has 3 aromatic heterocycles. The van der Waals surface area contributed by atoms with Crippen LogP contribution in [0.2, 0.25) is 0 Å². The van der Waals surface area contributed by atoms with Gasteiger partial charge in [0.2, 0.25) is 6.79 Å². The summed E-state index contributed by atoms with van der Waals surface area (Å²) in [5, 5.41) is 0. The van der Waals surface area contributed by atoms with Crippen molar-refractivity contribution in [3.8, 4) is 34.0 Å². The second-order valence-electron chi connectivity index (χ2n) is 7.99. The van der Waals surface area contributed by atoms with Crippen molar-refractivity contribution in [1.29, 1.82) is 0 Å². The third kappa shape index (κ3) is 3.09. The lowest BCUT2D eigenvalue weighted by Crippen LogP contribution is -2.44. The molecule has 0 bridgehead atoms. The zero-order valence-corrected chi connectivity index (χ0v) is 17.4. The highest BCUT2D eigenvalue weighted by Gasteiger charge is 2.25. The van der Waals surface area contributed by atoms with Crippen LogP contribution in [0, 0.1) is 0 Å². The molecule has 0 spiro atoms. The van der Waals surface area contributed by atoms with Gasteiger partial charge in [-0.15, -0.1) is 0 Å². The van der Waals surface area contributed by atoms with Crippen LogP contribution in [0.3, 0.4) is 0 Å². The fraction of sp³-hybridized carbons (Fsp3) is 0.250. The average Bonchev–Trinajstić information content (AvgIpc) is 3.44. The quantitative estimate of drug-likeness (QED) is 0.512. The minimum Gasteiger partial charge on any atom is -0.454 e. The molecule has 0 saturated carbocycles. The summed E-state index contributed by atoms with van der Waals surface area (Å²) >= 11 is 0. The van der Waals surface area contributed by atoms with Crippen molar-refractivity contribution in [3.05, 3.63) is 61.1 Å². The number of likely N-dealkylation sites (N-methyl/N-ethyl adjacent to an activating group) is 1. The van der Waals surface area contributed by atoms with Gasteiger partial charge in [-0.3, -0.25) is 9.38 Å². The normalized spacial score (nSPS) is 16.2. The third-order valence-electron chi connectivity index (χ3n) is 6.08. The van der Waals surface area contributed by atoms with Crippen LogP contribution in [0.4, 0.5) is 5.69 Å². The molecule has 1 aromatic carbocycles. The first-order valence-electron chi connectivity index (χ1n) is 10.5. The molecular weight excluding hydrogens is 390 g/mol. The number of piperazine rings is 1. The summed E-state index contributed by atoms with van der Waals surface area (Å²) in [4.78, 5) is 14.0. The first-order chi connectivity index (χ1) is 15.3. The van der Waals surface area contributed by atoms with Crippen molar-refractivity contribution in [1.82, 2.24) is 19.3 Å². The molecule has 6 rings (SSSR count). The molecule has 7 nitrogen and oxygen atoms in total. The van der Waals surface area contributed by atoms with Gasteiger partial charge in [-0.05, 0) is 43.4 Å². The standard InChI is InChI=1S/C24H23N5O2/c1-27-11-13-28(14-12-27)18-5-6-21-26-22(19-3-2-4-20-24(19)31-16-30-20)23(29(21)15-18)17-7-9-25-10-8-17/h2-10,15H,11-14,16H2,1H3. The Kier molecular flexibility index (Phi) is 4.28. The number of pyridine rings is 2. The van der Waals surface area contributed by atoms with Crippen molar-refractivity contribution in [3.63, 3.8) is 0 Å². The summed E-state index contributed by atoms with van der Waals surface area (Å²) in [5.74, 6) is 1.51. The summed E-state index contributed by atoms with van der Waals surface area (Å²) in [7, 11) is 2.17. The van der Waals surface area contributed by atoms with E-state index in [1.807, 2.05) is 42.7 Å². The largest absolute Gasteiger partial charge is 0.454 e. The maximum Gasteiger partial charge on any atom is 0.231 e. The van der Waals surface area contributed by atoms with Crippen molar-refractivity contribution in [2.45, 2.75) is 0 Å². The molecule has 0 radical (unpaired) electrons. The molecule has 1 fully saturated rings. The van der Waals surface area contributed by atoms with Crippen LogP contribution in [0.5, 0.6) is 11.5 Å². The second kappa shape index (κ2) is 7.28.